The predicted octanol–water partition coefficient (Wildman–Crippen LogP) is 2.95. The molecule has 0 radical (unpaired) electrons. The van der Waals surface area contributed by atoms with Crippen LogP contribution in [0.5, 0.6) is 0 Å². The summed E-state index contributed by atoms with van der Waals surface area (Å²) in [6.45, 7) is 5.46. The fourth-order valence-corrected chi connectivity index (χ4v) is 1.35. The van der Waals surface area contributed by atoms with Gasteiger partial charge < -0.3 is 0 Å². The van der Waals surface area contributed by atoms with E-state index in [1.54, 1.807) is 0 Å². The van der Waals surface area contributed by atoms with Crippen molar-refractivity contribution in [1.82, 2.24) is 2.95 Å². The summed E-state index contributed by atoms with van der Waals surface area (Å²) in [4.78, 5) is 0. The van der Waals surface area contributed by atoms with Crippen LogP contribution in [0.1, 0.15) is 20.3 Å². The number of nitrogens with zero attached hydrogens (tertiary/aromatic N) is 1. The van der Waals surface area contributed by atoms with Crippen molar-refractivity contribution in [2.75, 3.05) is 6.54 Å². The molecule has 0 heterocycles. The molecule has 0 aliphatic rings. The second-order valence-corrected chi connectivity index (χ2v) is 4.66. The average Bonchev–Trinajstić information content (AvgIpc) is 1.65. The SMILES string of the molecule is CCC(C)CN(Br)Br. The summed E-state index contributed by atoms with van der Waals surface area (Å²) in [7, 11) is 0. The molecule has 0 rings (SSSR count). The van der Waals surface area contributed by atoms with Crippen LogP contribution in [0.25, 0.3) is 0 Å². The molecule has 8 heavy (non-hydrogen) atoms. The van der Waals surface area contributed by atoms with Gasteiger partial charge in [0.1, 0.15) is 0 Å². The summed E-state index contributed by atoms with van der Waals surface area (Å²) in [6, 6.07) is 0. The number of hydrogen-bond acceptors (Lipinski definition) is 1. The van der Waals surface area contributed by atoms with Crippen LogP contribution in [0.3, 0.4) is 0 Å². The third-order valence-electron chi connectivity index (χ3n) is 1.15. The number of hydrogen-bond donors (Lipinski definition) is 0. The van der Waals surface area contributed by atoms with E-state index < -0.39 is 0 Å². The maximum Gasteiger partial charge on any atom is 0.0239 e. The molecule has 0 amide bonds. The van der Waals surface area contributed by atoms with E-state index in [1.807, 2.05) is 2.95 Å². The molecule has 1 atom stereocenters. The van der Waals surface area contributed by atoms with Gasteiger partial charge in [-0.1, -0.05) is 20.3 Å². The van der Waals surface area contributed by atoms with Gasteiger partial charge in [0.25, 0.3) is 0 Å². The molecule has 1 unspecified atom stereocenters. The highest BCUT2D eigenvalue weighted by Crippen LogP contribution is 2.11. The topological polar surface area (TPSA) is 3.24 Å². The summed E-state index contributed by atoms with van der Waals surface area (Å²) in [5, 5.41) is 0. The Balaban J connectivity index is 3.10. The molecule has 0 aromatic carbocycles. The van der Waals surface area contributed by atoms with Gasteiger partial charge >= 0.3 is 0 Å². The zero-order valence-electron chi connectivity index (χ0n) is 5.19. The van der Waals surface area contributed by atoms with Crippen molar-refractivity contribution in [3.8, 4) is 0 Å². The minimum Gasteiger partial charge on any atom is -0.177 e. The van der Waals surface area contributed by atoms with Crippen molar-refractivity contribution in [2.24, 2.45) is 5.92 Å². The maximum atomic E-state index is 3.27. The van der Waals surface area contributed by atoms with Gasteiger partial charge in [-0.15, -0.1) is 0 Å². The first-order chi connectivity index (χ1) is 3.66. The van der Waals surface area contributed by atoms with E-state index in [0.29, 0.717) is 0 Å². The fraction of sp³-hybridized carbons (Fsp3) is 1.00. The predicted molar refractivity (Wildman–Crippen MR) is 44.0 cm³/mol. The van der Waals surface area contributed by atoms with E-state index in [-0.39, 0.29) is 0 Å². The van der Waals surface area contributed by atoms with Crippen LogP contribution in [0, 0.1) is 5.92 Å². The van der Waals surface area contributed by atoms with E-state index >= 15 is 0 Å². The van der Waals surface area contributed by atoms with Crippen molar-refractivity contribution >= 4 is 32.3 Å². The average molecular weight is 245 g/mol. The fourth-order valence-electron chi connectivity index (χ4n) is 0.365. The zero-order valence-corrected chi connectivity index (χ0v) is 8.37. The van der Waals surface area contributed by atoms with E-state index in [4.69, 9.17) is 0 Å². The van der Waals surface area contributed by atoms with E-state index in [0.717, 1.165) is 12.5 Å². The van der Waals surface area contributed by atoms with Gasteiger partial charge in [0.2, 0.25) is 0 Å². The van der Waals surface area contributed by atoms with Gasteiger partial charge in [-0.05, 0) is 5.92 Å². The number of rotatable bonds is 3. The lowest BCUT2D eigenvalue weighted by molar-refractivity contribution is 0.510. The lowest BCUT2D eigenvalue weighted by Crippen LogP contribution is -2.08. The largest absolute Gasteiger partial charge is 0.177 e. The van der Waals surface area contributed by atoms with Gasteiger partial charge in [-0.25, -0.2) is 0 Å². The Kier molecular flexibility index (Phi) is 5.31. The Labute approximate surface area is 68.1 Å². The van der Waals surface area contributed by atoms with Crippen LogP contribution >= 0.6 is 32.3 Å². The lowest BCUT2D eigenvalue weighted by Gasteiger charge is -2.09. The molecule has 0 spiro atoms. The van der Waals surface area contributed by atoms with Crippen molar-refractivity contribution in [3.05, 3.63) is 0 Å². The Morgan fingerprint density at radius 1 is 1.50 bits per heavy atom. The highest BCUT2D eigenvalue weighted by atomic mass is 79.9. The normalized spacial score (nSPS) is 14.6. The number of halogens is 2. The van der Waals surface area contributed by atoms with E-state index in [9.17, 15) is 0 Å². The first-order valence-corrected chi connectivity index (χ1v) is 4.17. The molecular formula is C5H11Br2N. The molecule has 0 aromatic rings. The molecule has 0 saturated heterocycles. The summed E-state index contributed by atoms with van der Waals surface area (Å²) in [5.74, 6) is 0.758. The van der Waals surface area contributed by atoms with Crippen LogP contribution in [-0.4, -0.2) is 9.50 Å². The summed E-state index contributed by atoms with van der Waals surface area (Å²) in [6.07, 6.45) is 1.23. The Hall–Kier alpha value is 0.920. The van der Waals surface area contributed by atoms with Gasteiger partial charge in [0, 0.05) is 38.8 Å². The van der Waals surface area contributed by atoms with Crippen LogP contribution in [-0.2, 0) is 0 Å². The Bertz CT molecular complexity index is 56.4. The highest BCUT2D eigenvalue weighted by molar-refractivity contribution is 9.21. The molecule has 0 fully saturated rings. The lowest BCUT2D eigenvalue weighted by atomic mass is 10.1. The molecule has 0 aromatic heterocycles. The molecule has 1 nitrogen and oxygen atoms in total. The third-order valence-corrected chi connectivity index (χ3v) is 1.73. The van der Waals surface area contributed by atoms with Crippen molar-refractivity contribution in [3.63, 3.8) is 0 Å². The van der Waals surface area contributed by atoms with Crippen LogP contribution in [0.4, 0.5) is 0 Å². The van der Waals surface area contributed by atoms with Gasteiger partial charge in [-0.2, -0.15) is 2.95 Å². The van der Waals surface area contributed by atoms with Crippen molar-refractivity contribution in [1.29, 1.82) is 0 Å². The van der Waals surface area contributed by atoms with Gasteiger partial charge in [0.05, 0.1) is 0 Å². The van der Waals surface area contributed by atoms with Crippen LogP contribution in [0.2, 0.25) is 0 Å². The summed E-state index contributed by atoms with van der Waals surface area (Å²) < 4.78 is 1.86. The molecule has 0 bridgehead atoms. The molecule has 0 aliphatic heterocycles. The molecule has 0 saturated carbocycles. The van der Waals surface area contributed by atoms with Crippen molar-refractivity contribution < 1.29 is 0 Å². The molecule has 50 valence electrons. The second-order valence-electron chi connectivity index (χ2n) is 2.00. The smallest absolute Gasteiger partial charge is 0.0239 e. The quantitative estimate of drug-likeness (QED) is 0.691. The Morgan fingerprint density at radius 2 is 2.00 bits per heavy atom. The van der Waals surface area contributed by atoms with Gasteiger partial charge in [0.15, 0.2) is 0 Å². The minimum absolute atomic E-state index is 0.758. The van der Waals surface area contributed by atoms with E-state index in [1.165, 1.54) is 6.42 Å². The maximum absolute atomic E-state index is 3.27. The van der Waals surface area contributed by atoms with Gasteiger partial charge in [-0.3, -0.25) is 0 Å². The van der Waals surface area contributed by atoms with Crippen LogP contribution in [0.15, 0.2) is 0 Å². The second kappa shape index (κ2) is 4.77. The molecule has 3 heteroatoms. The summed E-state index contributed by atoms with van der Waals surface area (Å²) >= 11 is 6.53. The minimum atomic E-state index is 0.758. The third kappa shape index (κ3) is 5.06. The summed E-state index contributed by atoms with van der Waals surface area (Å²) in [5.41, 5.74) is 0. The van der Waals surface area contributed by atoms with E-state index in [2.05, 4.69) is 46.1 Å². The molecular weight excluding hydrogens is 234 g/mol. The van der Waals surface area contributed by atoms with Crippen molar-refractivity contribution in [2.45, 2.75) is 20.3 Å². The molecule has 0 aliphatic carbocycles. The monoisotopic (exact) mass is 243 g/mol. The first kappa shape index (κ1) is 8.92. The highest BCUT2D eigenvalue weighted by Gasteiger charge is 2.00. The molecule has 0 N–H and O–H groups in total. The van der Waals surface area contributed by atoms with Crippen LogP contribution < -0.4 is 0 Å². The zero-order chi connectivity index (χ0) is 6.57. The Morgan fingerprint density at radius 3 is 2.12 bits per heavy atom. The first-order valence-electron chi connectivity index (χ1n) is 2.76. The standard InChI is InChI=1S/C5H11Br2N/c1-3-5(2)4-8(6)7/h5H,3-4H2,1-2H3.